The molecule has 0 atom stereocenters. The highest BCUT2D eigenvalue weighted by Crippen LogP contribution is 2.30. The van der Waals surface area contributed by atoms with E-state index in [4.69, 9.17) is 9.47 Å². The lowest BCUT2D eigenvalue weighted by molar-refractivity contribution is 0.102. The quantitative estimate of drug-likeness (QED) is 0.660. The summed E-state index contributed by atoms with van der Waals surface area (Å²) in [7, 11) is 3.13. The second-order valence-electron chi connectivity index (χ2n) is 6.66. The first-order chi connectivity index (χ1) is 14.2. The van der Waals surface area contributed by atoms with E-state index in [0.717, 1.165) is 29.5 Å². The van der Waals surface area contributed by atoms with Crippen LogP contribution in [0.2, 0.25) is 0 Å². The zero-order valence-electron chi connectivity index (χ0n) is 16.3. The lowest BCUT2D eigenvalue weighted by Crippen LogP contribution is -2.18. The summed E-state index contributed by atoms with van der Waals surface area (Å²) >= 11 is 1.42. The number of nitrogens with zero attached hydrogens (tertiary/aromatic N) is 3. The number of carbonyl (C=O) groups is 1. The SMILES string of the molecule is COc1ccc(OC)c(NC(=O)c2csc(-c3ccc(N4CCCC4)nc3)n2)c1. The minimum atomic E-state index is -0.305. The van der Waals surface area contributed by atoms with Gasteiger partial charge < -0.3 is 19.7 Å². The minimum Gasteiger partial charge on any atom is -0.497 e. The molecule has 1 saturated heterocycles. The summed E-state index contributed by atoms with van der Waals surface area (Å²) < 4.78 is 10.5. The number of thiazole rings is 1. The summed E-state index contributed by atoms with van der Waals surface area (Å²) in [5.41, 5.74) is 1.78. The number of anilines is 2. The van der Waals surface area contributed by atoms with Gasteiger partial charge in [0.1, 0.15) is 28.0 Å². The van der Waals surface area contributed by atoms with Crippen LogP contribution >= 0.6 is 11.3 Å². The highest BCUT2D eigenvalue weighted by Gasteiger charge is 2.16. The standard InChI is InChI=1S/C21H22N4O3S/c1-27-15-6-7-18(28-2)16(11-15)23-20(26)17-13-29-21(24-17)14-5-8-19(22-12-14)25-9-3-4-10-25/h5-8,11-13H,3-4,9-10H2,1-2H3,(H,23,26). The number of hydrogen-bond acceptors (Lipinski definition) is 7. The number of benzene rings is 1. The Hall–Kier alpha value is -3.13. The molecule has 1 aliphatic rings. The Labute approximate surface area is 173 Å². The molecule has 1 aromatic carbocycles. The Bertz CT molecular complexity index is 997. The molecule has 8 heteroatoms. The van der Waals surface area contributed by atoms with Crippen molar-refractivity contribution in [1.82, 2.24) is 9.97 Å². The third-order valence-electron chi connectivity index (χ3n) is 4.82. The summed E-state index contributed by atoms with van der Waals surface area (Å²) in [5.74, 6) is 1.87. The van der Waals surface area contributed by atoms with E-state index in [1.165, 1.54) is 24.2 Å². The van der Waals surface area contributed by atoms with Crippen LogP contribution in [0.3, 0.4) is 0 Å². The summed E-state index contributed by atoms with van der Waals surface area (Å²) in [6.45, 7) is 2.11. The fourth-order valence-electron chi connectivity index (χ4n) is 3.25. The van der Waals surface area contributed by atoms with Crippen molar-refractivity contribution in [2.75, 3.05) is 37.5 Å². The van der Waals surface area contributed by atoms with Gasteiger partial charge in [-0.3, -0.25) is 4.79 Å². The Morgan fingerprint density at radius 2 is 1.97 bits per heavy atom. The molecule has 2 aromatic heterocycles. The van der Waals surface area contributed by atoms with Crippen LogP contribution in [-0.4, -0.2) is 43.2 Å². The third kappa shape index (κ3) is 4.17. The fraction of sp³-hybridized carbons (Fsp3) is 0.286. The van der Waals surface area contributed by atoms with Gasteiger partial charge in [-0.1, -0.05) is 0 Å². The molecule has 0 radical (unpaired) electrons. The first-order valence-electron chi connectivity index (χ1n) is 9.38. The Kier molecular flexibility index (Phi) is 5.62. The lowest BCUT2D eigenvalue weighted by atomic mass is 10.2. The van der Waals surface area contributed by atoms with Gasteiger partial charge in [0.2, 0.25) is 0 Å². The summed E-state index contributed by atoms with van der Waals surface area (Å²) in [4.78, 5) is 24.0. The van der Waals surface area contributed by atoms with Gasteiger partial charge in [-0.05, 0) is 37.1 Å². The Morgan fingerprint density at radius 1 is 1.14 bits per heavy atom. The average molecular weight is 410 g/mol. The van der Waals surface area contributed by atoms with Gasteiger partial charge in [-0.2, -0.15) is 0 Å². The molecule has 0 saturated carbocycles. The molecule has 3 aromatic rings. The molecular formula is C21H22N4O3S. The number of methoxy groups -OCH3 is 2. The number of nitrogens with one attached hydrogen (secondary N) is 1. The first kappa shape index (κ1) is 19.2. The fourth-order valence-corrected chi connectivity index (χ4v) is 4.05. The second-order valence-corrected chi connectivity index (χ2v) is 7.52. The zero-order chi connectivity index (χ0) is 20.2. The minimum absolute atomic E-state index is 0.305. The number of carbonyl (C=O) groups excluding carboxylic acids is 1. The van der Waals surface area contributed by atoms with Gasteiger partial charge in [0.15, 0.2) is 0 Å². The number of ether oxygens (including phenoxy) is 2. The van der Waals surface area contributed by atoms with Gasteiger partial charge in [-0.15, -0.1) is 11.3 Å². The Morgan fingerprint density at radius 3 is 2.66 bits per heavy atom. The number of hydrogen-bond donors (Lipinski definition) is 1. The van der Waals surface area contributed by atoms with Gasteiger partial charge in [0, 0.05) is 36.3 Å². The lowest BCUT2D eigenvalue weighted by Gasteiger charge is -2.15. The largest absolute Gasteiger partial charge is 0.497 e. The van der Waals surface area contributed by atoms with Crippen molar-refractivity contribution in [3.8, 4) is 22.1 Å². The summed E-state index contributed by atoms with van der Waals surface area (Å²) in [6, 6.07) is 9.25. The molecule has 1 N–H and O–H groups in total. The average Bonchev–Trinajstić information content (AvgIpc) is 3.46. The summed E-state index contributed by atoms with van der Waals surface area (Å²) in [6.07, 6.45) is 4.25. The molecule has 3 heterocycles. The molecule has 1 amide bonds. The van der Waals surface area contributed by atoms with E-state index in [9.17, 15) is 4.79 Å². The van der Waals surface area contributed by atoms with Crippen molar-refractivity contribution in [3.63, 3.8) is 0 Å². The van der Waals surface area contributed by atoms with Crippen molar-refractivity contribution in [2.24, 2.45) is 0 Å². The van der Waals surface area contributed by atoms with Gasteiger partial charge in [0.05, 0.1) is 19.9 Å². The molecule has 29 heavy (non-hydrogen) atoms. The molecule has 150 valence electrons. The molecular weight excluding hydrogens is 388 g/mol. The zero-order valence-corrected chi connectivity index (χ0v) is 17.2. The van der Waals surface area contributed by atoms with Gasteiger partial charge in [0.25, 0.3) is 5.91 Å². The van der Waals surface area contributed by atoms with Crippen molar-refractivity contribution in [1.29, 1.82) is 0 Å². The molecule has 0 spiro atoms. The second kappa shape index (κ2) is 8.48. The number of aromatic nitrogens is 2. The predicted molar refractivity (Wildman–Crippen MR) is 114 cm³/mol. The molecule has 1 aliphatic heterocycles. The van der Waals surface area contributed by atoms with Crippen LogP contribution in [0, 0.1) is 0 Å². The molecule has 0 aliphatic carbocycles. The van der Waals surface area contributed by atoms with Crippen LogP contribution in [0.4, 0.5) is 11.5 Å². The number of pyridine rings is 1. The van der Waals surface area contributed by atoms with Crippen molar-refractivity contribution < 1.29 is 14.3 Å². The van der Waals surface area contributed by atoms with Gasteiger partial charge in [-0.25, -0.2) is 9.97 Å². The topological polar surface area (TPSA) is 76.6 Å². The van der Waals surface area contributed by atoms with E-state index in [2.05, 4.69) is 20.2 Å². The third-order valence-corrected chi connectivity index (χ3v) is 5.71. The monoisotopic (exact) mass is 410 g/mol. The van der Waals surface area contributed by atoms with Crippen LogP contribution in [0.5, 0.6) is 11.5 Å². The molecule has 0 bridgehead atoms. The number of rotatable bonds is 6. The van der Waals surface area contributed by atoms with E-state index in [-0.39, 0.29) is 5.91 Å². The smallest absolute Gasteiger partial charge is 0.275 e. The normalized spacial score (nSPS) is 13.4. The van der Waals surface area contributed by atoms with Crippen LogP contribution in [0.1, 0.15) is 23.3 Å². The van der Waals surface area contributed by atoms with E-state index in [0.29, 0.717) is 22.9 Å². The van der Waals surface area contributed by atoms with E-state index >= 15 is 0 Å². The van der Waals surface area contributed by atoms with Crippen LogP contribution < -0.4 is 19.7 Å². The molecule has 7 nitrogen and oxygen atoms in total. The first-order valence-corrected chi connectivity index (χ1v) is 10.3. The maximum Gasteiger partial charge on any atom is 0.275 e. The maximum atomic E-state index is 12.7. The highest BCUT2D eigenvalue weighted by atomic mass is 32.1. The van der Waals surface area contributed by atoms with Crippen LogP contribution in [0.25, 0.3) is 10.6 Å². The van der Waals surface area contributed by atoms with E-state index in [1.54, 1.807) is 37.8 Å². The van der Waals surface area contributed by atoms with Crippen molar-refractivity contribution in [3.05, 3.63) is 47.6 Å². The van der Waals surface area contributed by atoms with Crippen LogP contribution in [0.15, 0.2) is 41.9 Å². The Balaban J connectivity index is 1.49. The van der Waals surface area contributed by atoms with Crippen molar-refractivity contribution in [2.45, 2.75) is 12.8 Å². The van der Waals surface area contributed by atoms with E-state index < -0.39 is 0 Å². The highest BCUT2D eigenvalue weighted by molar-refractivity contribution is 7.13. The van der Waals surface area contributed by atoms with Gasteiger partial charge >= 0.3 is 0 Å². The molecule has 4 rings (SSSR count). The maximum absolute atomic E-state index is 12.7. The summed E-state index contributed by atoms with van der Waals surface area (Å²) in [5, 5.41) is 5.34. The van der Waals surface area contributed by atoms with Crippen LogP contribution in [-0.2, 0) is 0 Å². The predicted octanol–water partition coefficient (Wildman–Crippen LogP) is 4.07. The van der Waals surface area contributed by atoms with E-state index in [1.807, 2.05) is 18.3 Å². The molecule has 1 fully saturated rings. The number of amides is 1. The van der Waals surface area contributed by atoms with Crippen molar-refractivity contribution >= 4 is 28.7 Å². The molecule has 0 unspecified atom stereocenters.